The minimum Gasteiger partial charge on any atom is -0.322 e. The zero-order valence-electron chi connectivity index (χ0n) is 7.08. The molecule has 0 aliphatic carbocycles. The smallest absolute Gasteiger partial charge is 0.248 e. The van der Waals surface area contributed by atoms with Crippen molar-refractivity contribution in [2.24, 2.45) is 5.73 Å². The van der Waals surface area contributed by atoms with E-state index in [-0.39, 0.29) is 24.9 Å². The van der Waals surface area contributed by atoms with E-state index in [1.165, 1.54) is 19.3 Å². The first-order valence-corrected chi connectivity index (χ1v) is 4.07. The largest absolute Gasteiger partial charge is 0.322 e. The fraction of sp³-hybridized carbons (Fsp3) is 0.857. The highest BCUT2D eigenvalue weighted by atomic mass is 35.5. The molecule has 4 nitrogen and oxygen atoms in total. The van der Waals surface area contributed by atoms with Gasteiger partial charge in [0.1, 0.15) is 0 Å². The van der Waals surface area contributed by atoms with E-state index in [9.17, 15) is 4.79 Å². The molecule has 1 fully saturated rings. The van der Waals surface area contributed by atoms with Crippen molar-refractivity contribution in [3.63, 3.8) is 0 Å². The maximum Gasteiger partial charge on any atom is 0.248 e. The lowest BCUT2D eigenvalue weighted by Gasteiger charge is -2.26. The minimum absolute atomic E-state index is 0. The summed E-state index contributed by atoms with van der Waals surface area (Å²) in [5.41, 5.74) is 7.89. The Morgan fingerprint density at radius 3 is 2.42 bits per heavy atom. The summed E-state index contributed by atoms with van der Waals surface area (Å²) >= 11 is 0. The number of carbonyl (C=O) groups is 1. The van der Waals surface area contributed by atoms with Crippen LogP contribution in [-0.2, 0) is 4.79 Å². The molecule has 0 aromatic heterocycles. The molecule has 72 valence electrons. The summed E-state index contributed by atoms with van der Waals surface area (Å²) in [5.74, 6) is -0.0908. The highest BCUT2D eigenvalue weighted by Gasteiger charge is 2.10. The Morgan fingerprint density at radius 1 is 1.33 bits per heavy atom. The van der Waals surface area contributed by atoms with Crippen LogP contribution in [-0.4, -0.2) is 30.6 Å². The number of hydrazine groups is 1. The third kappa shape index (κ3) is 3.90. The van der Waals surface area contributed by atoms with E-state index in [2.05, 4.69) is 5.43 Å². The summed E-state index contributed by atoms with van der Waals surface area (Å²) in [6.07, 6.45) is 3.62. The normalized spacial score (nSPS) is 18.1. The van der Waals surface area contributed by atoms with Gasteiger partial charge in [0.2, 0.25) is 5.91 Å². The lowest BCUT2D eigenvalue weighted by molar-refractivity contribution is -0.124. The third-order valence-electron chi connectivity index (χ3n) is 1.82. The van der Waals surface area contributed by atoms with Gasteiger partial charge in [-0.1, -0.05) is 6.42 Å². The van der Waals surface area contributed by atoms with Gasteiger partial charge in [0.25, 0.3) is 0 Å². The first kappa shape index (κ1) is 11.7. The van der Waals surface area contributed by atoms with Crippen LogP contribution in [0.5, 0.6) is 0 Å². The third-order valence-corrected chi connectivity index (χ3v) is 1.82. The lowest BCUT2D eigenvalue weighted by atomic mass is 10.2. The Kier molecular flexibility index (Phi) is 6.06. The Balaban J connectivity index is 0.00000121. The topological polar surface area (TPSA) is 58.4 Å². The number of rotatable bonds is 2. The lowest BCUT2D eigenvalue weighted by Crippen LogP contribution is -2.47. The summed E-state index contributed by atoms with van der Waals surface area (Å²) in [6.45, 7) is 2.01. The molecule has 0 aromatic carbocycles. The van der Waals surface area contributed by atoms with Gasteiger partial charge < -0.3 is 5.73 Å². The van der Waals surface area contributed by atoms with Gasteiger partial charge in [-0.2, -0.15) is 0 Å². The molecule has 0 aromatic rings. The van der Waals surface area contributed by atoms with Crippen LogP contribution in [0.15, 0.2) is 0 Å². The molecule has 0 unspecified atom stereocenters. The Bertz CT molecular complexity index is 137. The first-order valence-electron chi connectivity index (χ1n) is 4.07. The van der Waals surface area contributed by atoms with Crippen molar-refractivity contribution in [2.75, 3.05) is 19.6 Å². The number of nitrogens with zero attached hydrogens (tertiary/aromatic N) is 1. The Labute approximate surface area is 78.9 Å². The van der Waals surface area contributed by atoms with Gasteiger partial charge in [0, 0.05) is 13.1 Å². The maximum atomic E-state index is 10.8. The zero-order chi connectivity index (χ0) is 8.10. The number of nitrogens with one attached hydrogen (secondary N) is 1. The quantitative estimate of drug-likeness (QED) is 0.643. The van der Waals surface area contributed by atoms with E-state index in [1.54, 1.807) is 0 Å². The van der Waals surface area contributed by atoms with Crippen molar-refractivity contribution in [3.05, 3.63) is 0 Å². The van der Waals surface area contributed by atoms with E-state index in [1.807, 2.05) is 5.01 Å². The van der Waals surface area contributed by atoms with Crippen molar-refractivity contribution in [2.45, 2.75) is 19.3 Å². The predicted octanol–water partition coefficient (Wildman–Crippen LogP) is -0.116. The van der Waals surface area contributed by atoms with Crippen molar-refractivity contribution in [3.8, 4) is 0 Å². The van der Waals surface area contributed by atoms with Crippen molar-refractivity contribution < 1.29 is 4.79 Å². The molecule has 1 heterocycles. The fourth-order valence-corrected chi connectivity index (χ4v) is 1.23. The van der Waals surface area contributed by atoms with E-state index < -0.39 is 0 Å². The average molecular weight is 194 g/mol. The van der Waals surface area contributed by atoms with Crippen molar-refractivity contribution in [1.82, 2.24) is 10.4 Å². The van der Waals surface area contributed by atoms with Crippen LogP contribution in [0.2, 0.25) is 0 Å². The zero-order valence-corrected chi connectivity index (χ0v) is 7.90. The summed E-state index contributed by atoms with van der Waals surface area (Å²) in [4.78, 5) is 10.8. The Hall–Kier alpha value is -0.320. The number of hydrogen-bond acceptors (Lipinski definition) is 3. The second-order valence-corrected chi connectivity index (χ2v) is 2.79. The molecule has 0 atom stereocenters. The highest BCUT2D eigenvalue weighted by molar-refractivity contribution is 5.85. The number of carbonyl (C=O) groups excluding carboxylic acids is 1. The molecular formula is C7H16ClN3O. The SMILES string of the molecule is Cl.NCC(=O)NN1CCCCC1. The summed E-state index contributed by atoms with van der Waals surface area (Å²) < 4.78 is 0. The molecule has 3 N–H and O–H groups in total. The predicted molar refractivity (Wildman–Crippen MR) is 49.9 cm³/mol. The first-order chi connectivity index (χ1) is 5.33. The molecular weight excluding hydrogens is 178 g/mol. The number of halogens is 1. The highest BCUT2D eigenvalue weighted by Crippen LogP contribution is 2.05. The van der Waals surface area contributed by atoms with Gasteiger partial charge in [-0.05, 0) is 12.8 Å². The molecule has 0 bridgehead atoms. The number of hydrogen-bond donors (Lipinski definition) is 2. The van der Waals surface area contributed by atoms with Gasteiger partial charge in [-0.3, -0.25) is 10.2 Å². The van der Waals surface area contributed by atoms with E-state index in [0.717, 1.165) is 13.1 Å². The van der Waals surface area contributed by atoms with Crippen LogP contribution in [0.4, 0.5) is 0 Å². The monoisotopic (exact) mass is 193 g/mol. The molecule has 1 amide bonds. The maximum absolute atomic E-state index is 10.8. The van der Waals surface area contributed by atoms with Crippen LogP contribution < -0.4 is 11.2 Å². The summed E-state index contributed by atoms with van der Waals surface area (Å²) in [6, 6.07) is 0. The molecule has 12 heavy (non-hydrogen) atoms. The van der Waals surface area contributed by atoms with Crippen molar-refractivity contribution in [1.29, 1.82) is 0 Å². The molecule has 1 saturated heterocycles. The van der Waals surface area contributed by atoms with Gasteiger partial charge in [-0.25, -0.2) is 5.01 Å². The molecule has 1 aliphatic rings. The van der Waals surface area contributed by atoms with Gasteiger partial charge in [0.05, 0.1) is 6.54 Å². The van der Waals surface area contributed by atoms with Crippen molar-refractivity contribution >= 4 is 18.3 Å². The van der Waals surface area contributed by atoms with Gasteiger partial charge in [0.15, 0.2) is 0 Å². The average Bonchev–Trinajstić information content (AvgIpc) is 2.06. The van der Waals surface area contributed by atoms with Crippen LogP contribution in [0.3, 0.4) is 0 Å². The van der Waals surface area contributed by atoms with E-state index in [4.69, 9.17) is 5.73 Å². The second-order valence-electron chi connectivity index (χ2n) is 2.79. The van der Waals surface area contributed by atoms with Crippen LogP contribution in [0, 0.1) is 0 Å². The minimum atomic E-state index is -0.0908. The summed E-state index contributed by atoms with van der Waals surface area (Å²) in [7, 11) is 0. The molecule has 0 saturated carbocycles. The number of piperidine rings is 1. The fourth-order valence-electron chi connectivity index (χ4n) is 1.23. The van der Waals surface area contributed by atoms with Crippen LogP contribution in [0.1, 0.15) is 19.3 Å². The summed E-state index contributed by atoms with van der Waals surface area (Å²) in [5, 5.41) is 1.94. The molecule has 0 spiro atoms. The van der Waals surface area contributed by atoms with Gasteiger partial charge in [-0.15, -0.1) is 12.4 Å². The van der Waals surface area contributed by atoms with E-state index >= 15 is 0 Å². The molecule has 1 rings (SSSR count). The number of nitrogens with two attached hydrogens (primary N) is 1. The molecule has 0 radical (unpaired) electrons. The van der Waals surface area contributed by atoms with Crippen LogP contribution in [0.25, 0.3) is 0 Å². The standard InChI is InChI=1S/C7H15N3O.ClH/c8-6-7(11)9-10-4-2-1-3-5-10;/h1-6,8H2,(H,9,11);1H. The van der Waals surface area contributed by atoms with Gasteiger partial charge >= 0.3 is 0 Å². The second kappa shape index (κ2) is 6.22. The number of amides is 1. The van der Waals surface area contributed by atoms with E-state index in [0.29, 0.717) is 0 Å². The van der Waals surface area contributed by atoms with Crippen LogP contribution >= 0.6 is 12.4 Å². The molecule has 1 aliphatic heterocycles. The Morgan fingerprint density at radius 2 is 1.92 bits per heavy atom. The molecule has 5 heteroatoms.